The van der Waals surface area contributed by atoms with E-state index < -0.39 is 5.41 Å². The average molecular weight is 436 g/mol. The van der Waals surface area contributed by atoms with E-state index in [0.29, 0.717) is 0 Å². The molecule has 2 rings (SSSR count). The van der Waals surface area contributed by atoms with Gasteiger partial charge in [-0.05, 0) is 95.1 Å². The second-order valence-electron chi connectivity index (χ2n) is 9.01. The number of aryl methyl sites for hydroxylation is 2. The Balaban J connectivity index is 2.48. The first-order chi connectivity index (χ1) is 12.3. The van der Waals surface area contributed by atoms with Gasteiger partial charge < -0.3 is 9.47 Å². The van der Waals surface area contributed by atoms with Gasteiger partial charge in [0.15, 0.2) is 0 Å². The second kappa shape index (κ2) is 7.88. The average Bonchev–Trinajstić information content (AvgIpc) is 2.49. The molecule has 0 aliphatic rings. The molecule has 0 saturated carbocycles. The third-order valence-electron chi connectivity index (χ3n) is 4.11. The Labute approximate surface area is 170 Å². The summed E-state index contributed by atoms with van der Waals surface area (Å²) in [5.41, 5.74) is 3.01. The molecule has 0 fully saturated rings. The lowest BCUT2D eigenvalue weighted by atomic mass is 9.97. The molecule has 0 bridgehead atoms. The lowest BCUT2D eigenvalue weighted by molar-refractivity contribution is -0.162. The molecule has 148 valence electrons. The predicted octanol–water partition coefficient (Wildman–Crippen LogP) is 6.06. The van der Waals surface area contributed by atoms with Gasteiger partial charge in [-0.1, -0.05) is 0 Å². The predicted molar refractivity (Wildman–Crippen MR) is 113 cm³/mol. The van der Waals surface area contributed by atoms with Gasteiger partial charge in [0.25, 0.3) is 0 Å². The number of nitrogens with zero attached hydrogens (tertiary/aromatic N) is 1. The highest BCUT2D eigenvalue weighted by Crippen LogP contribution is 2.37. The van der Waals surface area contributed by atoms with Gasteiger partial charge in [0, 0.05) is 21.1 Å². The zero-order valence-corrected chi connectivity index (χ0v) is 19.2. The highest BCUT2D eigenvalue weighted by atomic mass is 79.9. The van der Waals surface area contributed by atoms with Crippen LogP contribution in [-0.4, -0.2) is 23.2 Å². The summed E-state index contributed by atoms with van der Waals surface area (Å²) in [5.74, 6) is -0.239. The first-order valence-electron chi connectivity index (χ1n) is 9.21. The molecule has 27 heavy (non-hydrogen) atoms. The normalized spacial score (nSPS) is 13.7. The fourth-order valence-corrected chi connectivity index (χ4v) is 3.74. The first kappa shape index (κ1) is 21.8. The van der Waals surface area contributed by atoms with Gasteiger partial charge in [0.05, 0.1) is 16.5 Å². The number of aromatic nitrogens is 1. The molecule has 1 heterocycles. The number of fused-ring (bicyclic) bond motifs is 1. The number of pyridine rings is 1. The number of carbonyl (C=O) groups is 1. The molecule has 1 aromatic heterocycles. The van der Waals surface area contributed by atoms with E-state index >= 15 is 0 Å². The number of rotatable bonds is 4. The molecule has 2 aromatic rings. The molecular weight excluding hydrogens is 406 g/mol. The van der Waals surface area contributed by atoms with Crippen molar-refractivity contribution in [3.05, 3.63) is 39.5 Å². The van der Waals surface area contributed by atoms with Crippen molar-refractivity contribution < 1.29 is 14.3 Å². The van der Waals surface area contributed by atoms with Crippen LogP contribution in [0.3, 0.4) is 0 Å². The molecule has 4 nitrogen and oxygen atoms in total. The molecule has 5 heteroatoms. The fraction of sp³-hybridized carbons (Fsp3) is 0.545. The number of hydrogen-bond donors (Lipinski definition) is 0. The number of hydrogen-bond acceptors (Lipinski definition) is 4. The zero-order valence-electron chi connectivity index (χ0n) is 17.6. The summed E-state index contributed by atoms with van der Waals surface area (Å²) < 4.78 is 12.8. The van der Waals surface area contributed by atoms with Crippen molar-refractivity contribution in [3.63, 3.8) is 0 Å². The maximum absolute atomic E-state index is 12.3. The van der Waals surface area contributed by atoms with E-state index in [9.17, 15) is 4.79 Å². The fourth-order valence-electron chi connectivity index (χ4n) is 2.84. The molecule has 1 aromatic carbocycles. The Morgan fingerprint density at radius 2 is 1.78 bits per heavy atom. The van der Waals surface area contributed by atoms with Crippen LogP contribution >= 0.6 is 15.9 Å². The third-order valence-corrected chi connectivity index (χ3v) is 4.97. The van der Waals surface area contributed by atoms with Crippen LogP contribution in [0.2, 0.25) is 0 Å². The van der Waals surface area contributed by atoms with Crippen LogP contribution in [0.5, 0.6) is 0 Å². The van der Waals surface area contributed by atoms with E-state index in [2.05, 4.69) is 33.0 Å². The van der Waals surface area contributed by atoms with Crippen LogP contribution in [0.4, 0.5) is 0 Å². The Morgan fingerprint density at radius 3 is 2.33 bits per heavy atom. The second-order valence-corrected chi connectivity index (χ2v) is 9.80. The summed E-state index contributed by atoms with van der Waals surface area (Å²) in [5, 5.41) is 1.02. The van der Waals surface area contributed by atoms with Crippen molar-refractivity contribution >= 4 is 32.8 Å². The number of carbonyl (C=O) groups excluding carboxylic acids is 1. The smallest absolute Gasteiger partial charge is 0.311 e. The van der Waals surface area contributed by atoms with Gasteiger partial charge in [-0.2, -0.15) is 0 Å². The molecule has 0 saturated heterocycles. The Kier molecular flexibility index (Phi) is 6.37. The summed E-state index contributed by atoms with van der Waals surface area (Å²) >= 11 is 3.75. The van der Waals surface area contributed by atoms with E-state index in [4.69, 9.17) is 9.47 Å². The first-order valence-corrected chi connectivity index (χ1v) is 10.0. The maximum atomic E-state index is 12.3. The zero-order chi connectivity index (χ0) is 20.6. The molecule has 1 atom stereocenters. The quantitative estimate of drug-likeness (QED) is 0.547. The van der Waals surface area contributed by atoms with E-state index in [1.54, 1.807) is 0 Å². The molecule has 0 aliphatic carbocycles. The summed E-state index contributed by atoms with van der Waals surface area (Å²) in [7, 11) is 0. The number of esters is 1. The van der Waals surface area contributed by atoms with Gasteiger partial charge in [-0.3, -0.25) is 9.78 Å². The van der Waals surface area contributed by atoms with Gasteiger partial charge >= 0.3 is 5.97 Å². The number of benzene rings is 1. The van der Waals surface area contributed by atoms with E-state index in [1.807, 2.05) is 61.5 Å². The Bertz CT molecular complexity index is 847. The Morgan fingerprint density at radius 1 is 1.15 bits per heavy atom. The molecule has 0 radical (unpaired) electrons. The van der Waals surface area contributed by atoms with Crippen molar-refractivity contribution in [2.24, 2.45) is 5.41 Å². The van der Waals surface area contributed by atoms with Crippen molar-refractivity contribution in [2.45, 2.75) is 67.1 Å². The van der Waals surface area contributed by atoms with Crippen molar-refractivity contribution in [2.75, 3.05) is 6.61 Å². The highest BCUT2D eigenvalue weighted by molar-refractivity contribution is 9.10. The van der Waals surface area contributed by atoms with E-state index in [1.165, 1.54) is 0 Å². The SMILES string of the molecule is Cc1ccc2c(Br)c(C(COC(=O)C(C)(C)C)OC(C)(C)C)c(C)cc2n1. The number of halogens is 1. The van der Waals surface area contributed by atoms with Gasteiger partial charge in [0.1, 0.15) is 12.7 Å². The summed E-state index contributed by atoms with van der Waals surface area (Å²) in [6, 6.07) is 6.11. The monoisotopic (exact) mass is 435 g/mol. The minimum atomic E-state index is -0.552. The van der Waals surface area contributed by atoms with Crippen molar-refractivity contribution in [1.29, 1.82) is 0 Å². The van der Waals surface area contributed by atoms with Crippen LogP contribution in [0.1, 0.15) is 64.5 Å². The lowest BCUT2D eigenvalue weighted by Crippen LogP contribution is -2.30. The molecule has 1 unspecified atom stereocenters. The minimum Gasteiger partial charge on any atom is -0.462 e. The standard InChI is InChI=1S/C22H30BrNO3/c1-13-11-16-15(10-9-14(2)24-16)19(23)18(13)17(27-22(6,7)8)12-26-20(25)21(3,4)5/h9-11,17H,12H2,1-8H3. The van der Waals surface area contributed by atoms with Crippen LogP contribution < -0.4 is 0 Å². The van der Waals surface area contributed by atoms with Crippen LogP contribution in [-0.2, 0) is 14.3 Å². The van der Waals surface area contributed by atoms with Gasteiger partial charge in [0.2, 0.25) is 0 Å². The van der Waals surface area contributed by atoms with E-state index in [0.717, 1.165) is 32.2 Å². The Hall–Kier alpha value is -1.46. The van der Waals surface area contributed by atoms with Gasteiger partial charge in [-0.25, -0.2) is 0 Å². The highest BCUT2D eigenvalue weighted by Gasteiger charge is 2.29. The van der Waals surface area contributed by atoms with Crippen LogP contribution in [0, 0.1) is 19.3 Å². The number of ether oxygens (including phenoxy) is 2. The maximum Gasteiger partial charge on any atom is 0.311 e. The largest absolute Gasteiger partial charge is 0.462 e. The molecular formula is C22H30BrNO3. The summed E-state index contributed by atoms with van der Waals surface area (Å²) in [6.45, 7) is 15.7. The van der Waals surface area contributed by atoms with Gasteiger partial charge in [-0.15, -0.1) is 0 Å². The molecule has 0 amide bonds. The molecule has 0 aliphatic heterocycles. The molecule has 0 spiro atoms. The van der Waals surface area contributed by atoms with Crippen LogP contribution in [0.25, 0.3) is 10.9 Å². The summed E-state index contributed by atoms with van der Waals surface area (Å²) in [4.78, 5) is 16.9. The third kappa shape index (κ3) is 5.52. The lowest BCUT2D eigenvalue weighted by Gasteiger charge is -2.30. The molecule has 0 N–H and O–H groups in total. The van der Waals surface area contributed by atoms with Crippen LogP contribution in [0.15, 0.2) is 22.7 Å². The minimum absolute atomic E-state index is 0.164. The summed E-state index contributed by atoms with van der Waals surface area (Å²) in [6.07, 6.45) is -0.378. The van der Waals surface area contributed by atoms with E-state index in [-0.39, 0.29) is 24.3 Å². The van der Waals surface area contributed by atoms with Crippen molar-refractivity contribution in [1.82, 2.24) is 4.98 Å². The van der Waals surface area contributed by atoms with Crippen molar-refractivity contribution in [3.8, 4) is 0 Å². The topological polar surface area (TPSA) is 48.4 Å².